The molecule has 1 fully saturated rings. The zero-order valence-electron chi connectivity index (χ0n) is 30.9. The van der Waals surface area contributed by atoms with Crippen LogP contribution >= 0.6 is 0 Å². The summed E-state index contributed by atoms with van der Waals surface area (Å²) in [5, 5.41) is 0. The van der Waals surface area contributed by atoms with Crippen LogP contribution in [0.5, 0.6) is 0 Å². The van der Waals surface area contributed by atoms with E-state index in [2.05, 4.69) is 27.7 Å². The van der Waals surface area contributed by atoms with Gasteiger partial charge in [-0.25, -0.2) is 0 Å². The highest BCUT2D eigenvalue weighted by atomic mass is 16.6. The molecule has 0 amide bonds. The van der Waals surface area contributed by atoms with Gasteiger partial charge >= 0.3 is 11.9 Å². The molecule has 1 aliphatic carbocycles. The largest absolute Gasteiger partial charge is 0.465 e. The van der Waals surface area contributed by atoms with Crippen molar-refractivity contribution in [1.29, 1.82) is 0 Å². The van der Waals surface area contributed by atoms with Gasteiger partial charge in [0.1, 0.15) is 0 Å². The Hall–Kier alpha value is -1.06. The number of esters is 2. The van der Waals surface area contributed by atoms with Gasteiger partial charge in [-0.05, 0) is 37.5 Å². The second kappa shape index (κ2) is 29.1. The van der Waals surface area contributed by atoms with E-state index < -0.39 is 5.41 Å². The molecule has 1 saturated carbocycles. The van der Waals surface area contributed by atoms with Gasteiger partial charge in [0.2, 0.25) is 0 Å². The molecule has 0 saturated heterocycles. The summed E-state index contributed by atoms with van der Waals surface area (Å²) in [5.74, 6) is 1.01. The predicted molar refractivity (Wildman–Crippen MR) is 193 cm³/mol. The topological polar surface area (TPSA) is 52.6 Å². The molecule has 45 heavy (non-hydrogen) atoms. The van der Waals surface area contributed by atoms with Crippen molar-refractivity contribution in [2.24, 2.45) is 17.3 Å². The fourth-order valence-electron chi connectivity index (χ4n) is 6.42. The summed E-state index contributed by atoms with van der Waals surface area (Å²) >= 11 is 0. The van der Waals surface area contributed by atoms with Gasteiger partial charge < -0.3 is 9.47 Å². The lowest BCUT2D eigenvalue weighted by Crippen LogP contribution is -2.30. The Morgan fingerprint density at radius 1 is 0.400 bits per heavy atom. The molecule has 0 unspecified atom stereocenters. The first-order valence-electron chi connectivity index (χ1n) is 20.2. The molecule has 0 heterocycles. The maximum absolute atomic E-state index is 12.6. The Morgan fingerprint density at radius 2 is 0.622 bits per heavy atom. The highest BCUT2D eigenvalue weighted by Gasteiger charge is 2.59. The molecule has 4 nitrogen and oxygen atoms in total. The van der Waals surface area contributed by atoms with E-state index in [-0.39, 0.29) is 11.9 Å². The Bertz CT molecular complexity index is 627. The number of carbonyl (C=O) groups is 2. The molecule has 0 aromatic carbocycles. The van der Waals surface area contributed by atoms with Crippen LogP contribution in [0, 0.1) is 17.3 Å². The summed E-state index contributed by atoms with van der Waals surface area (Å²) in [5.41, 5.74) is -0.984. The summed E-state index contributed by atoms with van der Waals surface area (Å²) in [7, 11) is 0. The third kappa shape index (κ3) is 24.7. The fraction of sp³-hybridized carbons (Fsp3) is 0.951. The van der Waals surface area contributed by atoms with E-state index in [1.807, 2.05) is 0 Å². The SMILES string of the molecule is CC(C)CCCCCCCCCCCCCCCOC(=O)C1(C(=O)OCCCCCCCCCCCCCCCC(C)C)CC1. The van der Waals surface area contributed by atoms with Crippen LogP contribution in [0.3, 0.4) is 0 Å². The zero-order chi connectivity index (χ0) is 32.9. The third-order valence-electron chi connectivity index (χ3n) is 9.85. The van der Waals surface area contributed by atoms with Gasteiger partial charge in [0.15, 0.2) is 5.41 Å². The Morgan fingerprint density at radius 3 is 0.844 bits per heavy atom. The maximum Gasteiger partial charge on any atom is 0.323 e. The number of hydrogen-bond donors (Lipinski definition) is 0. The monoisotopic (exact) mass is 635 g/mol. The molecular formula is C41H78O4. The number of rotatable bonds is 34. The normalized spacial score (nSPS) is 13.9. The number of carbonyl (C=O) groups excluding carboxylic acids is 2. The highest BCUT2D eigenvalue weighted by molar-refractivity contribution is 6.03. The van der Waals surface area contributed by atoms with E-state index >= 15 is 0 Å². The van der Waals surface area contributed by atoms with E-state index in [4.69, 9.17) is 9.47 Å². The molecule has 0 aromatic rings. The Kier molecular flexibility index (Phi) is 27.1. The van der Waals surface area contributed by atoms with Crippen molar-refractivity contribution in [3.8, 4) is 0 Å². The second-order valence-corrected chi connectivity index (χ2v) is 15.4. The lowest BCUT2D eigenvalue weighted by Gasteiger charge is -2.14. The van der Waals surface area contributed by atoms with Crippen LogP contribution in [0.25, 0.3) is 0 Å². The molecule has 0 spiro atoms. The molecule has 0 radical (unpaired) electrons. The van der Waals surface area contributed by atoms with Crippen LogP contribution < -0.4 is 0 Å². The predicted octanol–water partition coefficient (Wildman–Crippen LogP) is 13.1. The lowest BCUT2D eigenvalue weighted by atomic mass is 10.0. The van der Waals surface area contributed by atoms with E-state index in [1.54, 1.807) is 0 Å². The van der Waals surface area contributed by atoms with Crippen molar-refractivity contribution in [3.05, 3.63) is 0 Å². The summed E-state index contributed by atoms with van der Waals surface area (Å²) in [4.78, 5) is 25.2. The molecule has 1 aliphatic rings. The Balaban J connectivity index is 1.85. The van der Waals surface area contributed by atoms with Crippen LogP contribution in [-0.4, -0.2) is 25.2 Å². The van der Waals surface area contributed by atoms with Crippen molar-refractivity contribution in [3.63, 3.8) is 0 Å². The minimum absolute atomic E-state index is 0.349. The van der Waals surface area contributed by atoms with Gasteiger partial charge in [-0.15, -0.1) is 0 Å². The summed E-state index contributed by atoms with van der Waals surface area (Å²) in [6, 6.07) is 0. The summed E-state index contributed by atoms with van der Waals surface area (Å²) < 4.78 is 11.0. The van der Waals surface area contributed by atoms with Crippen LogP contribution in [0.4, 0.5) is 0 Å². The summed E-state index contributed by atoms with van der Waals surface area (Å²) in [6.07, 6.45) is 37.9. The lowest BCUT2D eigenvalue weighted by molar-refractivity contribution is -0.164. The van der Waals surface area contributed by atoms with Crippen molar-refractivity contribution < 1.29 is 19.1 Å². The van der Waals surface area contributed by atoms with E-state index in [0.717, 1.165) is 37.5 Å². The summed E-state index contributed by atoms with van der Waals surface area (Å²) in [6.45, 7) is 10.1. The quantitative estimate of drug-likeness (QED) is 0.0401. The average molecular weight is 635 g/mol. The highest BCUT2D eigenvalue weighted by Crippen LogP contribution is 2.48. The molecule has 0 aromatic heterocycles. The molecule has 266 valence electrons. The first-order valence-corrected chi connectivity index (χ1v) is 20.2. The third-order valence-corrected chi connectivity index (χ3v) is 9.85. The van der Waals surface area contributed by atoms with Gasteiger partial charge in [-0.3, -0.25) is 9.59 Å². The molecule has 0 N–H and O–H groups in total. The molecule has 0 atom stereocenters. The van der Waals surface area contributed by atoms with Crippen LogP contribution in [0.1, 0.15) is 220 Å². The van der Waals surface area contributed by atoms with Gasteiger partial charge in [-0.2, -0.15) is 0 Å². The van der Waals surface area contributed by atoms with E-state index in [0.29, 0.717) is 26.1 Å². The first-order chi connectivity index (χ1) is 21.9. The van der Waals surface area contributed by atoms with E-state index in [1.165, 1.54) is 154 Å². The van der Waals surface area contributed by atoms with Crippen molar-refractivity contribution in [2.45, 2.75) is 220 Å². The van der Waals surface area contributed by atoms with Gasteiger partial charge in [0, 0.05) is 0 Å². The second-order valence-electron chi connectivity index (χ2n) is 15.4. The standard InChI is InChI=1S/C41H78O4/c1-37(2)31-27-23-19-15-11-7-5-9-13-17-21-25-29-35-44-39(42)41(33-34-41)40(43)45-36-30-26-22-18-14-10-6-8-12-16-20-24-28-32-38(3)4/h37-38H,5-36H2,1-4H3. The molecular weight excluding hydrogens is 556 g/mol. The minimum atomic E-state index is -0.984. The van der Waals surface area contributed by atoms with Gasteiger partial charge in [0.05, 0.1) is 13.2 Å². The van der Waals surface area contributed by atoms with Crippen molar-refractivity contribution in [2.75, 3.05) is 13.2 Å². The maximum atomic E-state index is 12.6. The molecule has 0 bridgehead atoms. The van der Waals surface area contributed by atoms with Crippen LogP contribution in [0.2, 0.25) is 0 Å². The van der Waals surface area contributed by atoms with Crippen LogP contribution in [-0.2, 0) is 19.1 Å². The average Bonchev–Trinajstić information content (AvgIpc) is 3.82. The zero-order valence-corrected chi connectivity index (χ0v) is 30.9. The molecule has 4 heteroatoms. The first kappa shape index (κ1) is 42.0. The number of unbranched alkanes of at least 4 members (excludes halogenated alkanes) is 24. The van der Waals surface area contributed by atoms with Gasteiger partial charge in [0.25, 0.3) is 0 Å². The van der Waals surface area contributed by atoms with E-state index in [9.17, 15) is 9.59 Å². The number of ether oxygens (including phenoxy) is 2. The van der Waals surface area contributed by atoms with Crippen molar-refractivity contribution in [1.82, 2.24) is 0 Å². The Labute approximate surface area is 281 Å². The fourth-order valence-corrected chi connectivity index (χ4v) is 6.42. The van der Waals surface area contributed by atoms with Gasteiger partial charge in [-0.1, -0.05) is 195 Å². The van der Waals surface area contributed by atoms with Crippen molar-refractivity contribution >= 4 is 11.9 Å². The smallest absolute Gasteiger partial charge is 0.323 e. The molecule has 1 rings (SSSR count). The molecule has 0 aliphatic heterocycles. The minimum Gasteiger partial charge on any atom is -0.465 e. The number of hydrogen-bond acceptors (Lipinski definition) is 4. The van der Waals surface area contributed by atoms with Crippen LogP contribution in [0.15, 0.2) is 0 Å².